The summed E-state index contributed by atoms with van der Waals surface area (Å²) in [4.78, 5) is 28.8. The van der Waals surface area contributed by atoms with E-state index in [9.17, 15) is 9.59 Å². The van der Waals surface area contributed by atoms with E-state index >= 15 is 0 Å². The standard InChI is InChI=1S/C15H20N2O2S/c1-3-16(4-2)14(18)9-10-17-12-7-5-6-8-13(12)20-11-15(17)19/h5-8H,3-4,9-11H2,1-2H3. The molecule has 108 valence electrons. The molecule has 1 aromatic carbocycles. The zero-order valence-electron chi connectivity index (χ0n) is 12.0. The Bertz CT molecular complexity index is 500. The van der Waals surface area contributed by atoms with Gasteiger partial charge >= 0.3 is 0 Å². The molecule has 0 atom stereocenters. The van der Waals surface area contributed by atoms with Crippen molar-refractivity contribution in [3.63, 3.8) is 0 Å². The fraction of sp³-hybridized carbons (Fsp3) is 0.467. The summed E-state index contributed by atoms with van der Waals surface area (Å²) < 4.78 is 0. The second kappa shape index (κ2) is 6.79. The van der Waals surface area contributed by atoms with Crippen LogP contribution < -0.4 is 4.90 Å². The Morgan fingerprint density at radius 1 is 1.30 bits per heavy atom. The van der Waals surface area contributed by atoms with Gasteiger partial charge in [0.1, 0.15) is 0 Å². The van der Waals surface area contributed by atoms with Crippen LogP contribution in [0, 0.1) is 0 Å². The third-order valence-corrected chi connectivity index (χ3v) is 4.52. The molecular formula is C15H20N2O2S. The van der Waals surface area contributed by atoms with Crippen LogP contribution in [0.4, 0.5) is 5.69 Å². The van der Waals surface area contributed by atoms with Crippen LogP contribution in [0.25, 0.3) is 0 Å². The number of anilines is 1. The lowest BCUT2D eigenvalue weighted by molar-refractivity contribution is -0.130. The number of fused-ring (bicyclic) bond motifs is 1. The maximum absolute atomic E-state index is 12.1. The van der Waals surface area contributed by atoms with E-state index in [-0.39, 0.29) is 11.8 Å². The third kappa shape index (κ3) is 3.15. The van der Waals surface area contributed by atoms with Crippen LogP contribution in [0.15, 0.2) is 29.2 Å². The molecule has 0 saturated heterocycles. The van der Waals surface area contributed by atoms with Gasteiger partial charge in [-0.05, 0) is 26.0 Å². The van der Waals surface area contributed by atoms with Gasteiger partial charge in [0, 0.05) is 31.0 Å². The van der Waals surface area contributed by atoms with Crippen LogP contribution in [0.5, 0.6) is 0 Å². The molecule has 1 aliphatic rings. The van der Waals surface area contributed by atoms with Gasteiger partial charge in [0.15, 0.2) is 0 Å². The van der Waals surface area contributed by atoms with Crippen molar-refractivity contribution < 1.29 is 9.59 Å². The fourth-order valence-corrected chi connectivity index (χ4v) is 3.28. The highest BCUT2D eigenvalue weighted by molar-refractivity contribution is 8.00. The van der Waals surface area contributed by atoms with Crippen molar-refractivity contribution >= 4 is 29.3 Å². The molecule has 0 unspecified atom stereocenters. The summed E-state index contributed by atoms with van der Waals surface area (Å²) in [6.45, 7) is 5.84. The Morgan fingerprint density at radius 3 is 2.70 bits per heavy atom. The first-order chi connectivity index (χ1) is 9.67. The second-order valence-corrected chi connectivity index (χ2v) is 5.63. The van der Waals surface area contributed by atoms with Crippen molar-refractivity contribution in [3.8, 4) is 0 Å². The Kier molecular flexibility index (Phi) is 5.06. The Morgan fingerprint density at radius 2 is 2.00 bits per heavy atom. The SMILES string of the molecule is CCN(CC)C(=O)CCN1C(=O)CSc2ccccc21. The van der Waals surface area contributed by atoms with E-state index in [1.807, 2.05) is 38.1 Å². The summed E-state index contributed by atoms with van der Waals surface area (Å²) in [6.07, 6.45) is 0.381. The van der Waals surface area contributed by atoms with Crippen LogP contribution in [-0.4, -0.2) is 42.1 Å². The molecule has 1 heterocycles. The number of hydrogen-bond donors (Lipinski definition) is 0. The van der Waals surface area contributed by atoms with Gasteiger partial charge in [0.2, 0.25) is 11.8 Å². The quantitative estimate of drug-likeness (QED) is 0.836. The minimum absolute atomic E-state index is 0.0843. The van der Waals surface area contributed by atoms with E-state index in [2.05, 4.69) is 0 Å². The Hall–Kier alpha value is -1.49. The van der Waals surface area contributed by atoms with Gasteiger partial charge in [-0.2, -0.15) is 0 Å². The van der Waals surface area contributed by atoms with E-state index < -0.39 is 0 Å². The number of carbonyl (C=O) groups excluding carboxylic acids is 2. The van der Waals surface area contributed by atoms with E-state index in [0.29, 0.717) is 18.7 Å². The van der Waals surface area contributed by atoms with Gasteiger partial charge in [0.25, 0.3) is 0 Å². The van der Waals surface area contributed by atoms with Gasteiger partial charge in [-0.15, -0.1) is 11.8 Å². The first-order valence-electron chi connectivity index (χ1n) is 6.97. The molecule has 0 saturated carbocycles. The fourth-order valence-electron chi connectivity index (χ4n) is 2.34. The molecule has 0 aromatic heterocycles. The predicted molar refractivity (Wildman–Crippen MR) is 82.1 cm³/mol. The highest BCUT2D eigenvalue weighted by atomic mass is 32.2. The number of thioether (sulfide) groups is 1. The van der Waals surface area contributed by atoms with Crippen LogP contribution >= 0.6 is 11.8 Å². The summed E-state index contributed by atoms with van der Waals surface area (Å²) in [5.74, 6) is 0.649. The number of rotatable bonds is 5. The predicted octanol–water partition coefficient (Wildman–Crippen LogP) is 2.38. The number of nitrogens with zero attached hydrogens (tertiary/aromatic N) is 2. The normalized spacial score (nSPS) is 14.1. The largest absolute Gasteiger partial charge is 0.343 e. The maximum atomic E-state index is 12.1. The lowest BCUT2D eigenvalue weighted by Gasteiger charge is -2.29. The number of amides is 2. The summed E-state index contributed by atoms with van der Waals surface area (Å²) in [5, 5.41) is 0. The van der Waals surface area contributed by atoms with Crippen LogP contribution in [0.2, 0.25) is 0 Å². The summed E-state index contributed by atoms with van der Waals surface area (Å²) >= 11 is 1.56. The summed E-state index contributed by atoms with van der Waals surface area (Å²) in [6, 6.07) is 7.87. The number of hydrogen-bond acceptors (Lipinski definition) is 3. The zero-order valence-corrected chi connectivity index (χ0v) is 12.8. The Labute approximate surface area is 124 Å². The molecule has 2 amide bonds. The van der Waals surface area contributed by atoms with E-state index in [1.165, 1.54) is 0 Å². The Balaban J connectivity index is 2.06. The second-order valence-electron chi connectivity index (χ2n) is 4.62. The average Bonchev–Trinajstić information content (AvgIpc) is 2.47. The number of benzene rings is 1. The number of carbonyl (C=O) groups is 2. The first kappa shape index (κ1) is 14.9. The lowest BCUT2D eigenvalue weighted by atomic mass is 10.2. The van der Waals surface area contributed by atoms with Crippen molar-refractivity contribution in [2.24, 2.45) is 0 Å². The van der Waals surface area contributed by atoms with Crippen LogP contribution in [0.1, 0.15) is 20.3 Å². The van der Waals surface area contributed by atoms with Crippen LogP contribution in [0.3, 0.4) is 0 Å². The molecule has 2 rings (SSSR count). The molecular weight excluding hydrogens is 272 g/mol. The van der Waals surface area contributed by atoms with Gasteiger partial charge in [-0.1, -0.05) is 12.1 Å². The molecule has 20 heavy (non-hydrogen) atoms. The molecule has 1 aromatic rings. The van der Waals surface area contributed by atoms with Gasteiger partial charge in [-0.25, -0.2) is 0 Å². The molecule has 0 N–H and O–H groups in total. The van der Waals surface area contributed by atoms with Crippen molar-refractivity contribution in [1.82, 2.24) is 4.90 Å². The molecule has 0 radical (unpaired) electrons. The molecule has 1 aliphatic heterocycles. The maximum Gasteiger partial charge on any atom is 0.237 e. The molecule has 4 nitrogen and oxygen atoms in total. The third-order valence-electron chi connectivity index (χ3n) is 3.47. The first-order valence-corrected chi connectivity index (χ1v) is 7.95. The lowest BCUT2D eigenvalue weighted by Crippen LogP contribution is -2.39. The smallest absolute Gasteiger partial charge is 0.237 e. The number of para-hydroxylation sites is 1. The zero-order chi connectivity index (χ0) is 14.5. The monoisotopic (exact) mass is 292 g/mol. The van der Waals surface area contributed by atoms with Gasteiger partial charge < -0.3 is 9.80 Å². The minimum atomic E-state index is 0.0843. The van der Waals surface area contributed by atoms with E-state index in [4.69, 9.17) is 0 Å². The van der Waals surface area contributed by atoms with Crippen molar-refractivity contribution in [1.29, 1.82) is 0 Å². The van der Waals surface area contributed by atoms with Crippen molar-refractivity contribution in [3.05, 3.63) is 24.3 Å². The molecule has 0 fully saturated rings. The van der Waals surface area contributed by atoms with E-state index in [0.717, 1.165) is 23.7 Å². The van der Waals surface area contributed by atoms with Crippen molar-refractivity contribution in [2.45, 2.75) is 25.2 Å². The summed E-state index contributed by atoms with van der Waals surface area (Å²) in [7, 11) is 0. The minimum Gasteiger partial charge on any atom is -0.343 e. The van der Waals surface area contributed by atoms with Crippen LogP contribution in [-0.2, 0) is 9.59 Å². The topological polar surface area (TPSA) is 40.6 Å². The molecule has 0 aliphatic carbocycles. The van der Waals surface area contributed by atoms with Gasteiger partial charge in [0.05, 0.1) is 11.4 Å². The molecule has 5 heteroatoms. The highest BCUT2D eigenvalue weighted by Crippen LogP contribution is 2.34. The van der Waals surface area contributed by atoms with E-state index in [1.54, 1.807) is 21.6 Å². The highest BCUT2D eigenvalue weighted by Gasteiger charge is 2.25. The summed E-state index contributed by atoms with van der Waals surface area (Å²) in [5.41, 5.74) is 0.932. The van der Waals surface area contributed by atoms with Crippen molar-refractivity contribution in [2.75, 3.05) is 30.3 Å². The molecule has 0 spiro atoms. The van der Waals surface area contributed by atoms with Gasteiger partial charge in [-0.3, -0.25) is 9.59 Å². The molecule has 0 bridgehead atoms. The average molecular weight is 292 g/mol.